The van der Waals surface area contributed by atoms with Crippen LogP contribution in [0.5, 0.6) is 17.2 Å². The summed E-state index contributed by atoms with van der Waals surface area (Å²) in [6.07, 6.45) is -1.46. The molecule has 2 heterocycles. The molecule has 0 bridgehead atoms. The Kier molecular flexibility index (Phi) is 8.12. The summed E-state index contributed by atoms with van der Waals surface area (Å²) >= 11 is 0. The molecule has 1 saturated heterocycles. The van der Waals surface area contributed by atoms with Gasteiger partial charge in [0.2, 0.25) is 6.79 Å². The number of fused-ring (bicyclic) bond motifs is 1. The number of ketones is 1. The van der Waals surface area contributed by atoms with Crippen LogP contribution in [0.15, 0.2) is 41.5 Å². The Balaban J connectivity index is 1.47. The van der Waals surface area contributed by atoms with Crippen LogP contribution in [0.25, 0.3) is 10.4 Å². The summed E-state index contributed by atoms with van der Waals surface area (Å²) in [6.45, 7) is 5.22. The van der Waals surface area contributed by atoms with Crippen molar-refractivity contribution in [3.05, 3.63) is 63.5 Å². The predicted molar refractivity (Wildman–Crippen MR) is 135 cm³/mol. The van der Waals surface area contributed by atoms with Gasteiger partial charge < -0.3 is 33.3 Å². The van der Waals surface area contributed by atoms with Crippen molar-refractivity contribution in [2.24, 2.45) is 5.11 Å². The van der Waals surface area contributed by atoms with Gasteiger partial charge in [-0.3, -0.25) is 4.79 Å². The van der Waals surface area contributed by atoms with E-state index < -0.39 is 29.8 Å². The molecule has 0 N–H and O–H groups in total. The Hall–Kier alpha value is -4.48. The fourth-order valence-corrected chi connectivity index (χ4v) is 3.99. The topological polar surface area (TPSA) is 159 Å². The van der Waals surface area contributed by atoms with Gasteiger partial charge in [0.15, 0.2) is 24.1 Å². The third-order valence-corrected chi connectivity index (χ3v) is 5.78. The average Bonchev–Trinajstić information content (AvgIpc) is 3.52. The quantitative estimate of drug-likeness (QED) is 0.120. The lowest BCUT2D eigenvalue weighted by molar-refractivity contribution is 0.0184. The first-order valence-corrected chi connectivity index (χ1v) is 12.0. The van der Waals surface area contributed by atoms with Crippen molar-refractivity contribution < 1.29 is 42.8 Å². The van der Waals surface area contributed by atoms with Crippen LogP contribution >= 0.6 is 0 Å². The summed E-state index contributed by atoms with van der Waals surface area (Å²) in [5.74, 6) is 0.0539. The Bertz CT molecular complexity index is 1300. The second kappa shape index (κ2) is 11.5. The van der Waals surface area contributed by atoms with Gasteiger partial charge in [0, 0.05) is 30.2 Å². The number of amides is 1. The van der Waals surface area contributed by atoms with Crippen LogP contribution in [0, 0.1) is 0 Å². The molecule has 0 radical (unpaired) electrons. The van der Waals surface area contributed by atoms with Gasteiger partial charge in [0.1, 0.15) is 17.5 Å². The molecule has 206 valence electrons. The summed E-state index contributed by atoms with van der Waals surface area (Å²) in [4.78, 5) is 42.7. The van der Waals surface area contributed by atoms with E-state index in [1.54, 1.807) is 26.8 Å². The zero-order chi connectivity index (χ0) is 28.2. The molecule has 1 amide bonds. The standard InChI is InChI=1S/C26H28N4O9/c1-26(2,3)39-25(33)30-11-18(28-29-27)22(12-30)38-24(32)16-7-5-15(6-8-16)23(31)17-9-20-21(37-14-36-20)10-19(17)35-13-34-4/h5-10,18,22H,11-14H2,1-4H3. The highest BCUT2D eigenvalue weighted by Crippen LogP contribution is 2.39. The maximum absolute atomic E-state index is 13.3. The molecule has 2 aromatic carbocycles. The van der Waals surface area contributed by atoms with Crippen molar-refractivity contribution in [1.29, 1.82) is 0 Å². The summed E-state index contributed by atoms with van der Waals surface area (Å²) < 4.78 is 32.2. The van der Waals surface area contributed by atoms with Crippen LogP contribution in [-0.2, 0) is 14.2 Å². The molecule has 2 atom stereocenters. The van der Waals surface area contributed by atoms with E-state index >= 15 is 0 Å². The minimum atomic E-state index is -0.864. The van der Waals surface area contributed by atoms with Crippen LogP contribution in [0.1, 0.15) is 47.1 Å². The van der Waals surface area contributed by atoms with Crippen LogP contribution in [0.3, 0.4) is 0 Å². The molecule has 2 aliphatic rings. The van der Waals surface area contributed by atoms with Gasteiger partial charge in [-0.2, -0.15) is 0 Å². The molecule has 0 spiro atoms. The number of esters is 1. The van der Waals surface area contributed by atoms with Gasteiger partial charge in [-0.05, 0) is 44.5 Å². The van der Waals surface area contributed by atoms with E-state index in [1.165, 1.54) is 42.3 Å². The van der Waals surface area contributed by atoms with Crippen molar-refractivity contribution in [3.63, 3.8) is 0 Å². The highest BCUT2D eigenvalue weighted by atomic mass is 16.7. The van der Waals surface area contributed by atoms with E-state index in [0.717, 1.165) is 0 Å². The van der Waals surface area contributed by atoms with E-state index in [2.05, 4.69) is 10.0 Å². The lowest BCUT2D eigenvalue weighted by Crippen LogP contribution is -2.36. The Labute approximate surface area is 224 Å². The fraction of sp³-hybridized carbons (Fsp3) is 0.423. The molecule has 2 aliphatic heterocycles. The number of rotatable bonds is 8. The largest absolute Gasteiger partial charge is 0.467 e. The minimum absolute atomic E-state index is 0.00920. The predicted octanol–water partition coefficient (Wildman–Crippen LogP) is 4.08. The van der Waals surface area contributed by atoms with Gasteiger partial charge in [0.25, 0.3) is 0 Å². The second-order valence-electron chi connectivity index (χ2n) is 9.76. The zero-order valence-corrected chi connectivity index (χ0v) is 21.9. The Morgan fingerprint density at radius 3 is 2.38 bits per heavy atom. The van der Waals surface area contributed by atoms with Gasteiger partial charge >= 0.3 is 12.1 Å². The normalized spacial score (nSPS) is 17.8. The first kappa shape index (κ1) is 27.6. The van der Waals surface area contributed by atoms with Gasteiger partial charge in [0.05, 0.1) is 23.7 Å². The number of ether oxygens (including phenoxy) is 6. The average molecular weight is 541 g/mol. The molecule has 0 aromatic heterocycles. The Morgan fingerprint density at radius 2 is 1.74 bits per heavy atom. The minimum Gasteiger partial charge on any atom is -0.467 e. The molecule has 1 fully saturated rings. The van der Waals surface area contributed by atoms with Crippen molar-refractivity contribution in [3.8, 4) is 17.2 Å². The van der Waals surface area contributed by atoms with Gasteiger partial charge in [-0.15, -0.1) is 0 Å². The first-order valence-electron chi connectivity index (χ1n) is 12.0. The lowest BCUT2D eigenvalue weighted by Gasteiger charge is -2.24. The number of benzene rings is 2. The third kappa shape index (κ3) is 6.51. The van der Waals surface area contributed by atoms with Crippen molar-refractivity contribution >= 4 is 17.8 Å². The molecule has 39 heavy (non-hydrogen) atoms. The molecule has 13 nitrogen and oxygen atoms in total. The van der Waals surface area contributed by atoms with Crippen LogP contribution in [-0.4, -0.2) is 74.3 Å². The van der Waals surface area contributed by atoms with Crippen LogP contribution < -0.4 is 14.2 Å². The number of azide groups is 1. The molecule has 0 saturated carbocycles. The highest BCUT2D eigenvalue weighted by molar-refractivity contribution is 6.11. The van der Waals surface area contributed by atoms with E-state index in [9.17, 15) is 14.4 Å². The van der Waals surface area contributed by atoms with Crippen molar-refractivity contribution in [1.82, 2.24) is 4.90 Å². The Morgan fingerprint density at radius 1 is 1.08 bits per heavy atom. The van der Waals surface area contributed by atoms with Crippen LogP contribution in [0.2, 0.25) is 0 Å². The maximum Gasteiger partial charge on any atom is 0.410 e. The lowest BCUT2D eigenvalue weighted by atomic mass is 10.0. The van der Waals surface area contributed by atoms with E-state index in [4.69, 9.17) is 34.0 Å². The van der Waals surface area contributed by atoms with Gasteiger partial charge in [-0.1, -0.05) is 17.2 Å². The number of methoxy groups -OCH3 is 1. The SMILES string of the molecule is COCOc1cc2c(cc1C(=O)c1ccc(C(=O)OC3CN(C(=O)OC(C)(C)C)CC3N=[N+]=[N-])cc1)OCO2. The van der Waals surface area contributed by atoms with Crippen LogP contribution in [0.4, 0.5) is 4.79 Å². The molecule has 13 heteroatoms. The second-order valence-corrected chi connectivity index (χ2v) is 9.76. The van der Waals surface area contributed by atoms with Gasteiger partial charge in [-0.25, -0.2) is 9.59 Å². The molecular weight excluding hydrogens is 512 g/mol. The number of likely N-dealkylation sites (tertiary alicyclic amines) is 1. The molecule has 2 unspecified atom stereocenters. The van der Waals surface area contributed by atoms with E-state index in [-0.39, 0.29) is 54.9 Å². The number of hydrogen-bond acceptors (Lipinski definition) is 10. The highest BCUT2D eigenvalue weighted by Gasteiger charge is 2.39. The monoisotopic (exact) mass is 540 g/mol. The summed E-state index contributed by atoms with van der Waals surface area (Å²) in [6, 6.07) is 8.17. The first-order chi connectivity index (χ1) is 18.6. The van der Waals surface area contributed by atoms with Crippen molar-refractivity contribution in [2.75, 3.05) is 33.8 Å². The zero-order valence-electron chi connectivity index (χ0n) is 21.9. The van der Waals surface area contributed by atoms with E-state index in [0.29, 0.717) is 11.5 Å². The molecule has 2 aromatic rings. The smallest absolute Gasteiger partial charge is 0.410 e. The molecule has 0 aliphatic carbocycles. The molecule has 4 rings (SSSR count). The third-order valence-electron chi connectivity index (χ3n) is 5.78. The summed E-state index contributed by atoms with van der Waals surface area (Å²) in [5.41, 5.74) is 8.90. The van der Waals surface area contributed by atoms with E-state index in [1.807, 2.05) is 0 Å². The number of carbonyl (C=O) groups is 3. The maximum atomic E-state index is 13.3. The summed E-state index contributed by atoms with van der Waals surface area (Å²) in [5, 5.41) is 3.68. The number of carbonyl (C=O) groups excluding carboxylic acids is 3. The number of nitrogens with zero attached hydrogens (tertiary/aromatic N) is 4. The van der Waals surface area contributed by atoms with Crippen molar-refractivity contribution in [2.45, 2.75) is 38.5 Å². The fourth-order valence-electron chi connectivity index (χ4n) is 3.99. The molecular formula is C26H28N4O9. The number of hydrogen-bond donors (Lipinski definition) is 0. The summed E-state index contributed by atoms with van der Waals surface area (Å²) in [7, 11) is 1.46.